The van der Waals surface area contributed by atoms with Gasteiger partial charge in [-0.1, -0.05) is 47.5 Å². The van der Waals surface area contributed by atoms with Gasteiger partial charge in [-0.3, -0.25) is 0 Å². The monoisotopic (exact) mass is 443 g/mol. The van der Waals surface area contributed by atoms with E-state index < -0.39 is 0 Å². The highest BCUT2D eigenvalue weighted by molar-refractivity contribution is 6.31. The number of anilines is 1. The van der Waals surface area contributed by atoms with Gasteiger partial charge >= 0.3 is 6.03 Å². The number of aromatic nitrogens is 1. The normalized spacial score (nSPS) is 15.6. The molecule has 2 amide bonds. The van der Waals surface area contributed by atoms with Crippen molar-refractivity contribution in [3.05, 3.63) is 99.2 Å². The number of nitrogens with zero attached hydrogens (tertiary/aromatic N) is 1. The van der Waals surface area contributed by atoms with Crippen LogP contribution >= 0.6 is 11.6 Å². The number of halogens is 1. The number of aryl methyl sites for hydroxylation is 3. The summed E-state index contributed by atoms with van der Waals surface area (Å²) in [7, 11) is 0. The van der Waals surface area contributed by atoms with E-state index in [1.165, 1.54) is 16.7 Å². The van der Waals surface area contributed by atoms with E-state index in [0.29, 0.717) is 6.54 Å². The SMILES string of the molecule is Cc1ccc([C@@H]2c3[nH]c4ccc(Cl)cc4c3CCN2C(=O)Nc2ccc(C)c(C)c2)cc1. The van der Waals surface area contributed by atoms with E-state index in [9.17, 15) is 4.79 Å². The zero-order valence-electron chi connectivity index (χ0n) is 18.5. The molecule has 3 aromatic carbocycles. The molecule has 162 valence electrons. The summed E-state index contributed by atoms with van der Waals surface area (Å²) < 4.78 is 0. The summed E-state index contributed by atoms with van der Waals surface area (Å²) in [5, 5.41) is 4.98. The summed E-state index contributed by atoms with van der Waals surface area (Å²) in [6, 6.07) is 20.1. The molecule has 0 spiro atoms. The summed E-state index contributed by atoms with van der Waals surface area (Å²) in [6.45, 7) is 6.83. The first kappa shape index (κ1) is 20.7. The molecule has 0 aliphatic carbocycles. The highest BCUT2D eigenvalue weighted by Gasteiger charge is 2.34. The fraction of sp³-hybridized carbons (Fsp3) is 0.222. The van der Waals surface area contributed by atoms with Gasteiger partial charge in [-0.2, -0.15) is 0 Å². The van der Waals surface area contributed by atoms with Crippen LogP contribution in [0, 0.1) is 20.8 Å². The molecular formula is C27H26ClN3O. The molecule has 0 saturated carbocycles. The van der Waals surface area contributed by atoms with Crippen LogP contribution in [0.4, 0.5) is 10.5 Å². The van der Waals surface area contributed by atoms with Gasteiger partial charge in [0.15, 0.2) is 0 Å². The Morgan fingerprint density at radius 3 is 2.53 bits per heavy atom. The van der Waals surface area contributed by atoms with E-state index in [4.69, 9.17) is 11.6 Å². The molecule has 2 N–H and O–H groups in total. The fourth-order valence-corrected chi connectivity index (χ4v) is 4.76. The Hall–Kier alpha value is -3.24. The summed E-state index contributed by atoms with van der Waals surface area (Å²) in [5.74, 6) is 0. The lowest BCUT2D eigenvalue weighted by Crippen LogP contribution is -2.43. The third kappa shape index (κ3) is 3.65. The number of amides is 2. The first-order valence-electron chi connectivity index (χ1n) is 10.9. The van der Waals surface area contributed by atoms with Crippen molar-refractivity contribution in [2.75, 3.05) is 11.9 Å². The van der Waals surface area contributed by atoms with Crippen LogP contribution in [0.2, 0.25) is 5.02 Å². The van der Waals surface area contributed by atoms with Crippen molar-refractivity contribution >= 4 is 34.2 Å². The molecule has 1 aromatic heterocycles. The van der Waals surface area contributed by atoms with E-state index in [1.807, 2.05) is 41.3 Å². The number of benzene rings is 3. The zero-order valence-corrected chi connectivity index (χ0v) is 19.3. The molecule has 32 heavy (non-hydrogen) atoms. The Morgan fingerprint density at radius 1 is 1.00 bits per heavy atom. The first-order valence-corrected chi connectivity index (χ1v) is 11.3. The van der Waals surface area contributed by atoms with Crippen LogP contribution in [0.5, 0.6) is 0 Å². The van der Waals surface area contributed by atoms with Gasteiger partial charge in [-0.25, -0.2) is 4.79 Å². The summed E-state index contributed by atoms with van der Waals surface area (Å²) in [6.07, 6.45) is 0.776. The number of urea groups is 1. The van der Waals surface area contributed by atoms with Crippen LogP contribution in [0.15, 0.2) is 60.7 Å². The molecule has 0 radical (unpaired) electrons. The Kier molecular flexibility index (Phi) is 5.18. The number of H-pyrrole nitrogens is 1. The number of carbonyl (C=O) groups is 1. The molecule has 5 rings (SSSR count). The van der Waals surface area contributed by atoms with Gasteiger partial charge < -0.3 is 15.2 Å². The van der Waals surface area contributed by atoms with Gasteiger partial charge in [0, 0.05) is 33.9 Å². The molecule has 0 bridgehead atoms. The van der Waals surface area contributed by atoms with Crippen molar-refractivity contribution in [2.45, 2.75) is 33.2 Å². The molecule has 1 aliphatic heterocycles. The number of carbonyl (C=O) groups excluding carboxylic acids is 1. The van der Waals surface area contributed by atoms with Gasteiger partial charge in [0.05, 0.1) is 6.04 Å². The quantitative estimate of drug-likeness (QED) is 0.347. The zero-order chi connectivity index (χ0) is 22.4. The number of rotatable bonds is 2. The third-order valence-corrected chi connectivity index (χ3v) is 6.74. The average Bonchev–Trinajstić information content (AvgIpc) is 3.14. The summed E-state index contributed by atoms with van der Waals surface area (Å²) in [4.78, 5) is 19.0. The molecular weight excluding hydrogens is 418 g/mol. The maximum Gasteiger partial charge on any atom is 0.322 e. The van der Waals surface area contributed by atoms with Crippen LogP contribution in [0.3, 0.4) is 0 Å². The summed E-state index contributed by atoms with van der Waals surface area (Å²) >= 11 is 6.29. The van der Waals surface area contributed by atoms with Gasteiger partial charge in [0.1, 0.15) is 0 Å². The van der Waals surface area contributed by atoms with Gasteiger partial charge in [0.2, 0.25) is 0 Å². The summed E-state index contributed by atoms with van der Waals surface area (Å²) in [5.41, 5.74) is 8.81. The second-order valence-corrected chi connectivity index (χ2v) is 9.13. The maximum atomic E-state index is 13.5. The third-order valence-electron chi connectivity index (χ3n) is 6.50. The average molecular weight is 444 g/mol. The smallest absolute Gasteiger partial charge is 0.322 e. The second kappa shape index (κ2) is 8.03. The van der Waals surface area contributed by atoms with Crippen molar-refractivity contribution in [1.82, 2.24) is 9.88 Å². The lowest BCUT2D eigenvalue weighted by Gasteiger charge is -2.36. The predicted octanol–water partition coefficient (Wildman–Crippen LogP) is 6.93. The minimum Gasteiger partial charge on any atom is -0.356 e. The number of hydrogen-bond donors (Lipinski definition) is 2. The van der Waals surface area contributed by atoms with E-state index in [0.717, 1.165) is 44.9 Å². The van der Waals surface area contributed by atoms with Gasteiger partial charge in [-0.05, 0) is 79.8 Å². The Labute approximate surface area is 193 Å². The number of aromatic amines is 1. The highest BCUT2D eigenvalue weighted by Crippen LogP contribution is 2.39. The Balaban J connectivity index is 1.57. The van der Waals surface area contributed by atoms with Crippen molar-refractivity contribution < 1.29 is 4.79 Å². The highest BCUT2D eigenvalue weighted by atomic mass is 35.5. The van der Waals surface area contributed by atoms with E-state index in [2.05, 4.69) is 55.3 Å². The van der Waals surface area contributed by atoms with Crippen LogP contribution < -0.4 is 5.32 Å². The molecule has 4 aromatic rings. The van der Waals surface area contributed by atoms with Crippen LogP contribution in [0.1, 0.15) is 39.6 Å². The Morgan fingerprint density at radius 2 is 1.78 bits per heavy atom. The number of fused-ring (bicyclic) bond motifs is 3. The van der Waals surface area contributed by atoms with Gasteiger partial charge in [0.25, 0.3) is 0 Å². The Bertz CT molecular complexity index is 1320. The fourth-order valence-electron chi connectivity index (χ4n) is 4.59. The van der Waals surface area contributed by atoms with Gasteiger partial charge in [-0.15, -0.1) is 0 Å². The van der Waals surface area contributed by atoms with Crippen molar-refractivity contribution in [2.24, 2.45) is 0 Å². The van der Waals surface area contributed by atoms with Crippen molar-refractivity contribution in [3.8, 4) is 0 Å². The molecule has 0 fully saturated rings. The van der Waals surface area contributed by atoms with Crippen molar-refractivity contribution in [3.63, 3.8) is 0 Å². The minimum atomic E-state index is -0.197. The maximum absolute atomic E-state index is 13.5. The molecule has 1 aliphatic rings. The largest absolute Gasteiger partial charge is 0.356 e. The standard InChI is InChI=1S/C27H26ClN3O/c1-16-4-7-19(8-5-16)26-25-22(23-15-20(28)9-11-24(23)30-25)12-13-31(26)27(32)29-21-10-6-17(2)18(3)14-21/h4-11,14-15,26,30H,12-13H2,1-3H3,(H,29,32)/t26-/m1/s1. The number of nitrogens with one attached hydrogen (secondary N) is 2. The minimum absolute atomic E-state index is 0.0961. The van der Waals surface area contributed by atoms with Crippen LogP contribution in [0.25, 0.3) is 10.9 Å². The van der Waals surface area contributed by atoms with Crippen molar-refractivity contribution in [1.29, 1.82) is 0 Å². The molecule has 4 nitrogen and oxygen atoms in total. The van der Waals surface area contributed by atoms with E-state index >= 15 is 0 Å². The number of hydrogen-bond acceptors (Lipinski definition) is 1. The lowest BCUT2D eigenvalue weighted by atomic mass is 9.92. The van der Waals surface area contributed by atoms with E-state index in [1.54, 1.807) is 0 Å². The predicted molar refractivity (Wildman–Crippen MR) is 132 cm³/mol. The van der Waals surface area contributed by atoms with Crippen LogP contribution in [-0.2, 0) is 6.42 Å². The molecule has 5 heteroatoms. The van der Waals surface area contributed by atoms with Crippen LogP contribution in [-0.4, -0.2) is 22.5 Å². The molecule has 1 atom stereocenters. The van der Waals surface area contributed by atoms with E-state index in [-0.39, 0.29) is 12.1 Å². The lowest BCUT2D eigenvalue weighted by molar-refractivity contribution is 0.193. The second-order valence-electron chi connectivity index (χ2n) is 8.69. The first-order chi connectivity index (χ1) is 15.4. The molecule has 0 unspecified atom stereocenters. The molecule has 0 saturated heterocycles. The molecule has 2 heterocycles. The topological polar surface area (TPSA) is 48.1 Å².